The molecule has 1 aliphatic rings. The number of methoxy groups -OCH3 is 1. The fraction of sp³-hybridized carbons (Fsp3) is 0.786. The third-order valence-corrected chi connectivity index (χ3v) is 3.72. The summed E-state index contributed by atoms with van der Waals surface area (Å²) >= 11 is 0. The van der Waals surface area contributed by atoms with Gasteiger partial charge in [-0.15, -0.1) is 0 Å². The highest BCUT2D eigenvalue weighted by molar-refractivity contribution is 5.35. The SMILES string of the molecule is CCN(c1nc(C)cn1CCOC)C1CCCNC1. The topological polar surface area (TPSA) is 42.3 Å². The van der Waals surface area contributed by atoms with Gasteiger partial charge in [0.2, 0.25) is 5.95 Å². The molecule has 0 saturated carbocycles. The summed E-state index contributed by atoms with van der Waals surface area (Å²) in [6.07, 6.45) is 4.61. The van der Waals surface area contributed by atoms with E-state index in [4.69, 9.17) is 9.72 Å². The van der Waals surface area contributed by atoms with E-state index in [-0.39, 0.29) is 0 Å². The van der Waals surface area contributed by atoms with Crippen molar-refractivity contribution in [3.8, 4) is 0 Å². The molecule has 1 unspecified atom stereocenters. The molecule has 19 heavy (non-hydrogen) atoms. The van der Waals surface area contributed by atoms with Crippen LogP contribution in [0, 0.1) is 6.92 Å². The number of hydrogen-bond donors (Lipinski definition) is 1. The van der Waals surface area contributed by atoms with E-state index in [1.165, 1.54) is 12.8 Å². The zero-order valence-corrected chi connectivity index (χ0v) is 12.4. The number of hydrogen-bond acceptors (Lipinski definition) is 4. The van der Waals surface area contributed by atoms with E-state index in [9.17, 15) is 0 Å². The smallest absolute Gasteiger partial charge is 0.206 e. The van der Waals surface area contributed by atoms with E-state index in [1.54, 1.807) is 7.11 Å². The first-order chi connectivity index (χ1) is 9.26. The summed E-state index contributed by atoms with van der Waals surface area (Å²) in [6, 6.07) is 0.557. The first-order valence-corrected chi connectivity index (χ1v) is 7.26. The Morgan fingerprint density at radius 2 is 2.42 bits per heavy atom. The lowest BCUT2D eigenvalue weighted by Crippen LogP contribution is -2.47. The van der Waals surface area contributed by atoms with Crippen molar-refractivity contribution in [1.29, 1.82) is 0 Å². The van der Waals surface area contributed by atoms with Gasteiger partial charge in [-0.1, -0.05) is 0 Å². The Morgan fingerprint density at radius 3 is 3.05 bits per heavy atom. The fourth-order valence-electron chi connectivity index (χ4n) is 2.78. The second-order valence-corrected chi connectivity index (χ2v) is 5.15. The van der Waals surface area contributed by atoms with E-state index in [0.717, 1.165) is 44.4 Å². The van der Waals surface area contributed by atoms with Gasteiger partial charge in [-0.2, -0.15) is 0 Å². The third-order valence-electron chi connectivity index (χ3n) is 3.72. The lowest BCUT2D eigenvalue weighted by atomic mass is 10.1. The van der Waals surface area contributed by atoms with Crippen molar-refractivity contribution in [2.75, 3.05) is 38.3 Å². The molecule has 1 N–H and O–H groups in total. The number of imidazole rings is 1. The summed E-state index contributed by atoms with van der Waals surface area (Å²) in [5.74, 6) is 1.09. The van der Waals surface area contributed by atoms with Crippen LogP contribution in [-0.4, -0.2) is 48.9 Å². The Balaban J connectivity index is 2.16. The maximum Gasteiger partial charge on any atom is 0.206 e. The molecule has 0 aromatic carbocycles. The molecule has 2 rings (SSSR count). The van der Waals surface area contributed by atoms with Gasteiger partial charge in [0.1, 0.15) is 0 Å². The van der Waals surface area contributed by atoms with Gasteiger partial charge >= 0.3 is 0 Å². The van der Waals surface area contributed by atoms with Crippen molar-refractivity contribution in [3.05, 3.63) is 11.9 Å². The average Bonchev–Trinajstić information content (AvgIpc) is 2.79. The Bertz CT molecular complexity index is 385. The molecule has 0 amide bonds. The van der Waals surface area contributed by atoms with Crippen LogP contribution < -0.4 is 10.2 Å². The summed E-state index contributed by atoms with van der Waals surface area (Å²) in [4.78, 5) is 7.14. The summed E-state index contributed by atoms with van der Waals surface area (Å²) in [7, 11) is 1.74. The molecule has 1 aromatic heterocycles. The number of piperidine rings is 1. The molecular weight excluding hydrogens is 240 g/mol. The van der Waals surface area contributed by atoms with Gasteiger partial charge in [0.05, 0.1) is 12.3 Å². The minimum atomic E-state index is 0.557. The van der Waals surface area contributed by atoms with E-state index in [1.807, 2.05) is 0 Å². The van der Waals surface area contributed by atoms with Crippen LogP contribution in [0.5, 0.6) is 0 Å². The number of aromatic nitrogens is 2. The zero-order chi connectivity index (χ0) is 13.7. The zero-order valence-electron chi connectivity index (χ0n) is 12.4. The standard InChI is InChI=1S/C14H26N4O/c1-4-18(13-6-5-7-15-10-13)14-16-12(2)11-17(14)8-9-19-3/h11,13,15H,4-10H2,1-3H3. The number of aryl methyl sites for hydroxylation is 1. The molecule has 0 spiro atoms. The van der Waals surface area contributed by atoms with Crippen molar-refractivity contribution in [1.82, 2.24) is 14.9 Å². The van der Waals surface area contributed by atoms with Crippen LogP contribution in [0.1, 0.15) is 25.5 Å². The van der Waals surface area contributed by atoms with Crippen molar-refractivity contribution in [2.45, 2.75) is 39.3 Å². The molecule has 1 atom stereocenters. The van der Waals surface area contributed by atoms with Crippen molar-refractivity contribution < 1.29 is 4.74 Å². The summed E-state index contributed by atoms with van der Waals surface area (Å²) in [6.45, 7) is 9.05. The maximum atomic E-state index is 5.19. The molecule has 1 aromatic rings. The average molecular weight is 266 g/mol. The lowest BCUT2D eigenvalue weighted by molar-refractivity contribution is 0.187. The van der Waals surface area contributed by atoms with Crippen LogP contribution in [0.2, 0.25) is 0 Å². The Morgan fingerprint density at radius 1 is 1.58 bits per heavy atom. The minimum absolute atomic E-state index is 0.557. The van der Waals surface area contributed by atoms with Gasteiger partial charge < -0.3 is 19.5 Å². The summed E-state index contributed by atoms with van der Waals surface area (Å²) in [5.41, 5.74) is 1.08. The van der Waals surface area contributed by atoms with Crippen LogP contribution in [-0.2, 0) is 11.3 Å². The minimum Gasteiger partial charge on any atom is -0.383 e. The van der Waals surface area contributed by atoms with E-state index < -0.39 is 0 Å². The normalized spacial score (nSPS) is 19.6. The highest BCUT2D eigenvalue weighted by Crippen LogP contribution is 2.20. The first kappa shape index (κ1) is 14.3. The molecule has 108 valence electrons. The number of nitrogens with one attached hydrogen (secondary N) is 1. The molecule has 0 bridgehead atoms. The van der Waals surface area contributed by atoms with Crippen LogP contribution in [0.25, 0.3) is 0 Å². The first-order valence-electron chi connectivity index (χ1n) is 7.26. The molecule has 5 nitrogen and oxygen atoms in total. The largest absolute Gasteiger partial charge is 0.383 e. The molecule has 1 aliphatic heterocycles. The van der Waals surface area contributed by atoms with Crippen molar-refractivity contribution in [3.63, 3.8) is 0 Å². The van der Waals surface area contributed by atoms with Gasteiger partial charge in [-0.25, -0.2) is 4.98 Å². The quantitative estimate of drug-likeness (QED) is 0.845. The van der Waals surface area contributed by atoms with E-state index in [2.05, 4.69) is 34.8 Å². The number of nitrogens with zero attached hydrogens (tertiary/aromatic N) is 3. The van der Waals surface area contributed by atoms with E-state index in [0.29, 0.717) is 6.04 Å². The van der Waals surface area contributed by atoms with Crippen LogP contribution in [0.3, 0.4) is 0 Å². The summed E-state index contributed by atoms with van der Waals surface area (Å²) in [5, 5.41) is 3.49. The van der Waals surface area contributed by atoms with Gasteiger partial charge in [0, 0.05) is 39.0 Å². The highest BCUT2D eigenvalue weighted by Gasteiger charge is 2.23. The van der Waals surface area contributed by atoms with Crippen LogP contribution in [0.4, 0.5) is 5.95 Å². The molecule has 0 aliphatic carbocycles. The highest BCUT2D eigenvalue weighted by atomic mass is 16.5. The van der Waals surface area contributed by atoms with Crippen molar-refractivity contribution >= 4 is 5.95 Å². The number of rotatable bonds is 6. The second-order valence-electron chi connectivity index (χ2n) is 5.15. The monoisotopic (exact) mass is 266 g/mol. The van der Waals surface area contributed by atoms with Gasteiger partial charge in [0.25, 0.3) is 0 Å². The van der Waals surface area contributed by atoms with Gasteiger partial charge in [-0.3, -0.25) is 0 Å². The molecular formula is C14H26N4O. The molecule has 0 radical (unpaired) electrons. The maximum absolute atomic E-state index is 5.19. The molecule has 1 fully saturated rings. The number of likely N-dealkylation sites (N-methyl/N-ethyl adjacent to an activating group) is 1. The lowest BCUT2D eigenvalue weighted by Gasteiger charge is -2.35. The predicted octanol–water partition coefficient (Wildman–Crippen LogP) is 1.42. The van der Waals surface area contributed by atoms with Gasteiger partial charge in [-0.05, 0) is 33.2 Å². The van der Waals surface area contributed by atoms with Crippen LogP contribution in [0.15, 0.2) is 6.20 Å². The third kappa shape index (κ3) is 3.48. The Hall–Kier alpha value is -1.07. The molecule has 5 heteroatoms. The molecule has 1 saturated heterocycles. The van der Waals surface area contributed by atoms with E-state index >= 15 is 0 Å². The summed E-state index contributed by atoms with van der Waals surface area (Å²) < 4.78 is 7.41. The predicted molar refractivity (Wildman–Crippen MR) is 77.8 cm³/mol. The fourth-order valence-corrected chi connectivity index (χ4v) is 2.78. The second kappa shape index (κ2) is 6.91. The van der Waals surface area contributed by atoms with Gasteiger partial charge in [0.15, 0.2) is 0 Å². The number of ether oxygens (including phenoxy) is 1. The molecule has 2 heterocycles. The number of anilines is 1. The van der Waals surface area contributed by atoms with Crippen LogP contribution >= 0.6 is 0 Å². The van der Waals surface area contributed by atoms with Crippen molar-refractivity contribution in [2.24, 2.45) is 0 Å². The Labute approximate surface area is 116 Å². The Kier molecular flexibility index (Phi) is 5.22.